The topological polar surface area (TPSA) is 42.6 Å². The Kier molecular flexibility index (Phi) is 3.82. The summed E-state index contributed by atoms with van der Waals surface area (Å²) in [7, 11) is 0. The summed E-state index contributed by atoms with van der Waals surface area (Å²) in [5, 5.41) is 11.1. The summed E-state index contributed by atoms with van der Waals surface area (Å²) in [5.74, 6) is 0.763. The molecule has 3 nitrogen and oxygen atoms in total. The third-order valence-electron chi connectivity index (χ3n) is 2.78. The highest BCUT2D eigenvalue weighted by molar-refractivity contribution is 5.82. The van der Waals surface area contributed by atoms with Crippen LogP contribution >= 0.6 is 0 Å². The lowest BCUT2D eigenvalue weighted by Crippen LogP contribution is -2.08. The average Bonchev–Trinajstić information content (AvgIpc) is 2.65. The standard InChI is InChI=1S/C14H18O3/c1-3-8-16-9-12(15)14-10(2)17-13-7-5-4-6-11(13)14/h4-7,12,15H,3,8-9H2,1-2H3. The molecule has 0 aliphatic rings. The van der Waals surface area contributed by atoms with E-state index in [1.54, 1.807) is 0 Å². The second-order valence-electron chi connectivity index (χ2n) is 4.16. The molecule has 3 heteroatoms. The monoisotopic (exact) mass is 234 g/mol. The molecular weight excluding hydrogens is 216 g/mol. The Hall–Kier alpha value is -1.32. The van der Waals surface area contributed by atoms with E-state index in [0.717, 1.165) is 28.7 Å². The smallest absolute Gasteiger partial charge is 0.134 e. The maximum Gasteiger partial charge on any atom is 0.134 e. The predicted octanol–water partition coefficient (Wildman–Crippen LogP) is 3.20. The van der Waals surface area contributed by atoms with Crippen molar-refractivity contribution in [3.63, 3.8) is 0 Å². The second-order valence-corrected chi connectivity index (χ2v) is 4.16. The van der Waals surface area contributed by atoms with Crippen molar-refractivity contribution in [2.45, 2.75) is 26.4 Å². The van der Waals surface area contributed by atoms with Gasteiger partial charge in [0, 0.05) is 17.6 Å². The van der Waals surface area contributed by atoms with Crippen LogP contribution in [0.2, 0.25) is 0 Å². The van der Waals surface area contributed by atoms with Crippen LogP contribution in [0, 0.1) is 6.92 Å². The van der Waals surface area contributed by atoms with Gasteiger partial charge in [-0.25, -0.2) is 0 Å². The normalized spacial score (nSPS) is 13.1. The van der Waals surface area contributed by atoms with Crippen LogP contribution < -0.4 is 0 Å². The number of hydrogen-bond donors (Lipinski definition) is 1. The number of para-hydroxylation sites is 1. The zero-order valence-electron chi connectivity index (χ0n) is 10.3. The first-order chi connectivity index (χ1) is 8.24. The minimum Gasteiger partial charge on any atom is -0.461 e. The third-order valence-corrected chi connectivity index (χ3v) is 2.78. The van der Waals surface area contributed by atoms with Gasteiger partial charge in [0.1, 0.15) is 17.4 Å². The van der Waals surface area contributed by atoms with E-state index in [-0.39, 0.29) is 0 Å². The molecule has 0 saturated carbocycles. The summed E-state index contributed by atoms with van der Waals surface area (Å²) < 4.78 is 11.0. The fraction of sp³-hybridized carbons (Fsp3) is 0.429. The fourth-order valence-corrected chi connectivity index (χ4v) is 2.02. The average molecular weight is 234 g/mol. The van der Waals surface area contributed by atoms with E-state index in [2.05, 4.69) is 0 Å². The van der Waals surface area contributed by atoms with E-state index in [0.29, 0.717) is 13.2 Å². The molecule has 0 amide bonds. The van der Waals surface area contributed by atoms with Gasteiger partial charge in [0.2, 0.25) is 0 Å². The molecule has 0 aliphatic carbocycles. The first kappa shape index (κ1) is 12.1. The molecule has 0 saturated heterocycles. The lowest BCUT2D eigenvalue weighted by Gasteiger charge is -2.10. The van der Waals surface area contributed by atoms with Gasteiger partial charge in [0.05, 0.1) is 6.61 Å². The molecule has 1 atom stereocenters. The summed E-state index contributed by atoms with van der Waals surface area (Å²) in [6.07, 6.45) is 0.336. The Morgan fingerprint density at radius 3 is 2.88 bits per heavy atom. The molecule has 0 bridgehead atoms. The molecule has 92 valence electrons. The maximum absolute atomic E-state index is 10.1. The van der Waals surface area contributed by atoms with Gasteiger partial charge in [-0.15, -0.1) is 0 Å². The molecule has 17 heavy (non-hydrogen) atoms. The summed E-state index contributed by atoms with van der Waals surface area (Å²) in [6.45, 7) is 4.91. The Labute approximate surface area is 101 Å². The molecule has 1 N–H and O–H groups in total. The van der Waals surface area contributed by atoms with Crippen molar-refractivity contribution in [3.8, 4) is 0 Å². The van der Waals surface area contributed by atoms with Crippen LogP contribution in [0.4, 0.5) is 0 Å². The number of aliphatic hydroxyl groups is 1. The van der Waals surface area contributed by atoms with E-state index < -0.39 is 6.10 Å². The van der Waals surface area contributed by atoms with Crippen molar-refractivity contribution >= 4 is 11.0 Å². The highest BCUT2D eigenvalue weighted by atomic mass is 16.5. The largest absolute Gasteiger partial charge is 0.461 e. The first-order valence-electron chi connectivity index (χ1n) is 5.98. The fourth-order valence-electron chi connectivity index (χ4n) is 2.02. The lowest BCUT2D eigenvalue weighted by molar-refractivity contribution is 0.0363. The van der Waals surface area contributed by atoms with Gasteiger partial charge in [-0.1, -0.05) is 25.1 Å². The number of furan rings is 1. The minimum atomic E-state index is -0.620. The van der Waals surface area contributed by atoms with E-state index >= 15 is 0 Å². The van der Waals surface area contributed by atoms with Gasteiger partial charge in [-0.3, -0.25) is 0 Å². The molecule has 0 spiro atoms. The first-order valence-corrected chi connectivity index (χ1v) is 5.98. The Balaban J connectivity index is 2.24. The van der Waals surface area contributed by atoms with E-state index in [9.17, 15) is 5.11 Å². The van der Waals surface area contributed by atoms with Crippen LogP contribution in [-0.4, -0.2) is 18.3 Å². The molecule has 0 fully saturated rings. The molecule has 0 aliphatic heterocycles. The molecule has 1 heterocycles. The van der Waals surface area contributed by atoms with E-state index in [1.165, 1.54) is 0 Å². The van der Waals surface area contributed by atoms with Gasteiger partial charge >= 0.3 is 0 Å². The van der Waals surface area contributed by atoms with E-state index in [4.69, 9.17) is 9.15 Å². The second kappa shape index (κ2) is 5.34. The van der Waals surface area contributed by atoms with Crippen molar-refractivity contribution in [2.24, 2.45) is 0 Å². The van der Waals surface area contributed by atoms with Crippen LogP contribution in [0.15, 0.2) is 28.7 Å². The summed E-state index contributed by atoms with van der Waals surface area (Å²) >= 11 is 0. The third kappa shape index (κ3) is 2.51. The molecule has 2 aromatic rings. The summed E-state index contributed by atoms with van der Waals surface area (Å²) in [6, 6.07) is 7.74. The highest BCUT2D eigenvalue weighted by Crippen LogP contribution is 2.30. The molecule has 1 aromatic carbocycles. The quantitative estimate of drug-likeness (QED) is 0.808. The zero-order valence-corrected chi connectivity index (χ0v) is 10.3. The molecule has 0 radical (unpaired) electrons. The number of aliphatic hydroxyl groups excluding tert-OH is 1. The van der Waals surface area contributed by atoms with Crippen LogP contribution in [-0.2, 0) is 4.74 Å². The summed E-state index contributed by atoms with van der Waals surface area (Å²) in [4.78, 5) is 0. The maximum atomic E-state index is 10.1. The van der Waals surface area contributed by atoms with Crippen molar-refractivity contribution in [1.82, 2.24) is 0 Å². The van der Waals surface area contributed by atoms with Gasteiger partial charge in [-0.05, 0) is 19.4 Å². The molecule has 2 rings (SSSR count). The number of aryl methyl sites for hydroxylation is 1. The number of fused-ring (bicyclic) bond motifs is 1. The van der Waals surface area contributed by atoms with Gasteiger partial charge in [-0.2, -0.15) is 0 Å². The van der Waals surface area contributed by atoms with E-state index in [1.807, 2.05) is 38.1 Å². The predicted molar refractivity (Wildman–Crippen MR) is 67.0 cm³/mol. The number of benzene rings is 1. The molecular formula is C14H18O3. The Morgan fingerprint density at radius 1 is 1.35 bits per heavy atom. The van der Waals surface area contributed by atoms with Crippen LogP contribution in [0.3, 0.4) is 0 Å². The van der Waals surface area contributed by atoms with Crippen LogP contribution in [0.25, 0.3) is 11.0 Å². The lowest BCUT2D eigenvalue weighted by atomic mass is 10.1. The van der Waals surface area contributed by atoms with Crippen molar-refractivity contribution < 1.29 is 14.3 Å². The molecule has 1 aromatic heterocycles. The van der Waals surface area contributed by atoms with Gasteiger partial charge in [0.25, 0.3) is 0 Å². The van der Waals surface area contributed by atoms with Crippen molar-refractivity contribution in [2.75, 3.05) is 13.2 Å². The zero-order chi connectivity index (χ0) is 12.3. The number of rotatable bonds is 5. The number of ether oxygens (including phenoxy) is 1. The van der Waals surface area contributed by atoms with Crippen LogP contribution in [0.5, 0.6) is 0 Å². The van der Waals surface area contributed by atoms with Crippen LogP contribution in [0.1, 0.15) is 30.8 Å². The van der Waals surface area contributed by atoms with Gasteiger partial charge in [0.15, 0.2) is 0 Å². The van der Waals surface area contributed by atoms with Crippen molar-refractivity contribution in [3.05, 3.63) is 35.6 Å². The summed E-state index contributed by atoms with van der Waals surface area (Å²) in [5.41, 5.74) is 1.66. The minimum absolute atomic E-state index is 0.318. The Bertz CT molecular complexity index is 487. The van der Waals surface area contributed by atoms with Crippen molar-refractivity contribution in [1.29, 1.82) is 0 Å². The SMILES string of the molecule is CCCOCC(O)c1c(C)oc2ccccc12. The number of hydrogen-bond acceptors (Lipinski definition) is 3. The molecule has 1 unspecified atom stereocenters. The van der Waals surface area contributed by atoms with Gasteiger partial charge < -0.3 is 14.3 Å². The highest BCUT2D eigenvalue weighted by Gasteiger charge is 2.18. The Morgan fingerprint density at radius 2 is 2.12 bits per heavy atom.